The predicted octanol–water partition coefficient (Wildman–Crippen LogP) is 19.5. The number of phosphoric acid groups is 1. The molecule has 2 N–H and O–H groups in total. The molecular formula is C68H118N2O7P+. The summed E-state index contributed by atoms with van der Waals surface area (Å²) in [6.07, 6.45) is 79.1. The number of carbonyl (C=O) groups excluding carboxylic acids is 2. The van der Waals surface area contributed by atoms with Gasteiger partial charge in [0.05, 0.1) is 33.8 Å². The van der Waals surface area contributed by atoms with Gasteiger partial charge in [0.1, 0.15) is 19.3 Å². The Kier molecular flexibility index (Phi) is 54.1. The molecule has 1 amide bonds. The van der Waals surface area contributed by atoms with E-state index in [4.69, 9.17) is 13.8 Å². The van der Waals surface area contributed by atoms with Crippen molar-refractivity contribution in [1.29, 1.82) is 0 Å². The highest BCUT2D eigenvalue weighted by molar-refractivity contribution is 7.47. The molecule has 0 aromatic heterocycles. The van der Waals surface area contributed by atoms with Crippen LogP contribution < -0.4 is 5.32 Å². The van der Waals surface area contributed by atoms with Crippen LogP contribution in [0.5, 0.6) is 0 Å². The van der Waals surface area contributed by atoms with Crippen molar-refractivity contribution in [3.8, 4) is 0 Å². The lowest BCUT2D eigenvalue weighted by Gasteiger charge is -2.27. The summed E-state index contributed by atoms with van der Waals surface area (Å²) in [5.41, 5.74) is 0. The number of phosphoric ester groups is 1. The van der Waals surface area contributed by atoms with Crippen LogP contribution >= 0.6 is 7.82 Å². The molecule has 0 aliphatic carbocycles. The minimum absolute atomic E-state index is 0.0244. The predicted molar refractivity (Wildman–Crippen MR) is 336 cm³/mol. The number of hydrogen-bond donors (Lipinski definition) is 2. The maximum atomic E-state index is 13.6. The van der Waals surface area contributed by atoms with Crippen molar-refractivity contribution in [2.45, 2.75) is 258 Å². The van der Waals surface area contributed by atoms with Crippen LogP contribution in [0.4, 0.5) is 0 Å². The number of ether oxygens (including phenoxy) is 1. The van der Waals surface area contributed by atoms with Crippen LogP contribution in [-0.4, -0.2) is 74.3 Å². The number of allylic oxidation sites excluding steroid dienone is 19. The number of unbranched alkanes of at least 4 members (excludes halogenated alkanes) is 21. The van der Waals surface area contributed by atoms with Gasteiger partial charge in [-0.2, -0.15) is 0 Å². The van der Waals surface area contributed by atoms with Gasteiger partial charge in [0, 0.05) is 12.8 Å². The highest BCUT2D eigenvalue weighted by Crippen LogP contribution is 2.43. The van der Waals surface area contributed by atoms with Gasteiger partial charge in [0.2, 0.25) is 5.91 Å². The van der Waals surface area contributed by atoms with Gasteiger partial charge in [-0.05, 0) is 122 Å². The van der Waals surface area contributed by atoms with Crippen molar-refractivity contribution in [3.63, 3.8) is 0 Å². The zero-order chi connectivity index (χ0) is 57.2. The van der Waals surface area contributed by atoms with Crippen LogP contribution in [0.2, 0.25) is 0 Å². The molecule has 0 aliphatic heterocycles. The molecule has 446 valence electrons. The maximum Gasteiger partial charge on any atom is 0.472 e. The number of quaternary nitrogens is 1. The summed E-state index contributed by atoms with van der Waals surface area (Å²) < 4.78 is 30.7. The van der Waals surface area contributed by atoms with Gasteiger partial charge in [0.25, 0.3) is 0 Å². The zero-order valence-electron chi connectivity index (χ0n) is 50.9. The Morgan fingerprint density at radius 2 is 0.821 bits per heavy atom. The van der Waals surface area contributed by atoms with E-state index in [0.29, 0.717) is 30.3 Å². The molecule has 0 aliphatic rings. The quantitative estimate of drug-likeness (QED) is 0.0205. The fraction of sp³-hybridized carbons (Fsp3) is 0.676. The third kappa shape index (κ3) is 57.1. The lowest BCUT2D eigenvalue weighted by atomic mass is 10.0. The summed E-state index contributed by atoms with van der Waals surface area (Å²) in [5, 5.41) is 3.03. The minimum Gasteiger partial charge on any atom is -0.456 e. The fourth-order valence-electron chi connectivity index (χ4n) is 8.30. The molecule has 10 heteroatoms. The van der Waals surface area contributed by atoms with Gasteiger partial charge >= 0.3 is 13.8 Å². The van der Waals surface area contributed by atoms with E-state index in [0.717, 1.165) is 122 Å². The van der Waals surface area contributed by atoms with Crippen LogP contribution in [0.15, 0.2) is 122 Å². The monoisotopic (exact) mass is 1110 g/mol. The average Bonchev–Trinajstić information content (AvgIpc) is 3.40. The van der Waals surface area contributed by atoms with Crippen molar-refractivity contribution in [2.24, 2.45) is 0 Å². The first kappa shape index (κ1) is 74.4. The number of rotatable bonds is 55. The van der Waals surface area contributed by atoms with E-state index in [-0.39, 0.29) is 31.5 Å². The zero-order valence-corrected chi connectivity index (χ0v) is 51.8. The standard InChI is InChI=1S/C68H117N2O7P/c1-7-10-13-16-19-22-25-28-30-32-33-34-35-36-37-39-40-42-45-48-51-54-57-60-67(71)69-65(64-76-78(73,74)75-63-62-70(4,5)6)66(59-56-53-50-47-44-27-24-21-18-15-12-9-3)77-68(72)61-58-55-52-49-46-43-41-38-31-29-26-23-20-17-14-11-8-2/h10,13,19-20,22-23,28-31,33-34,36-37,40-43,56,59,65-66H,7-9,11-12,14-18,21,24-27,32,35,38-39,44-55,57-58,60-64H2,1-6H3,(H-,69,71,73,74)/p+1/b13-10-,22-19-,23-20-,30-28-,31-29-,34-33-,37-36-,42-40-,43-41-,59-56-. The van der Waals surface area contributed by atoms with E-state index in [9.17, 15) is 19.0 Å². The van der Waals surface area contributed by atoms with Gasteiger partial charge in [-0.3, -0.25) is 18.6 Å². The Morgan fingerprint density at radius 1 is 0.462 bits per heavy atom. The third-order valence-corrected chi connectivity index (χ3v) is 14.1. The van der Waals surface area contributed by atoms with Gasteiger partial charge in [-0.25, -0.2) is 4.57 Å². The molecule has 0 aromatic carbocycles. The second-order valence-electron chi connectivity index (χ2n) is 21.8. The number of nitrogens with zero attached hydrogens (tertiary/aromatic N) is 1. The van der Waals surface area contributed by atoms with Crippen molar-refractivity contribution in [3.05, 3.63) is 122 Å². The second-order valence-corrected chi connectivity index (χ2v) is 23.3. The molecule has 0 bridgehead atoms. The Labute approximate surface area is 480 Å². The molecule has 0 saturated carbocycles. The summed E-state index contributed by atoms with van der Waals surface area (Å²) in [6, 6.07) is -0.880. The molecule has 78 heavy (non-hydrogen) atoms. The number of amides is 1. The van der Waals surface area contributed by atoms with E-state index in [1.165, 1.54) is 77.0 Å². The molecule has 9 nitrogen and oxygen atoms in total. The number of nitrogens with one attached hydrogen (secondary N) is 1. The summed E-state index contributed by atoms with van der Waals surface area (Å²) in [4.78, 5) is 37.7. The molecule has 0 radical (unpaired) electrons. The molecule has 0 fully saturated rings. The SMILES string of the molecule is CC/C=C\C/C=C\C/C=C\C/C=C\C/C=C\C/C=C\CCCCCCC(=O)NC(COP(=O)(O)OCC[N+](C)(C)C)C(/C=C\CCCCCCCCCCCC)OC(=O)CCCCCC/C=C\C/C=C\C/C=C\CCCCC. The van der Waals surface area contributed by atoms with Gasteiger partial charge in [-0.1, -0.05) is 233 Å². The highest BCUT2D eigenvalue weighted by atomic mass is 31.2. The lowest BCUT2D eigenvalue weighted by Crippen LogP contribution is -2.47. The van der Waals surface area contributed by atoms with Crippen molar-refractivity contribution in [1.82, 2.24) is 5.32 Å². The van der Waals surface area contributed by atoms with E-state index in [1.54, 1.807) is 0 Å². The molecule has 0 aromatic rings. The van der Waals surface area contributed by atoms with Crippen molar-refractivity contribution >= 4 is 19.7 Å². The van der Waals surface area contributed by atoms with E-state index in [2.05, 4.69) is 135 Å². The van der Waals surface area contributed by atoms with Gasteiger partial charge < -0.3 is 19.4 Å². The summed E-state index contributed by atoms with van der Waals surface area (Å²) >= 11 is 0. The number of esters is 1. The average molecular weight is 1110 g/mol. The van der Waals surface area contributed by atoms with Crippen LogP contribution in [-0.2, 0) is 27.9 Å². The molecule has 0 rings (SSSR count). The molecule has 3 unspecified atom stereocenters. The molecule has 0 spiro atoms. The van der Waals surface area contributed by atoms with Crippen LogP contribution in [0.25, 0.3) is 0 Å². The number of hydrogen-bond acceptors (Lipinski definition) is 6. The van der Waals surface area contributed by atoms with Crippen LogP contribution in [0, 0.1) is 0 Å². The highest BCUT2D eigenvalue weighted by Gasteiger charge is 2.30. The van der Waals surface area contributed by atoms with Crippen molar-refractivity contribution in [2.75, 3.05) is 40.9 Å². The smallest absolute Gasteiger partial charge is 0.456 e. The normalized spacial score (nSPS) is 14.5. The Morgan fingerprint density at radius 3 is 1.26 bits per heavy atom. The van der Waals surface area contributed by atoms with Crippen molar-refractivity contribution < 1.29 is 37.3 Å². The molecule has 0 saturated heterocycles. The molecule has 0 heterocycles. The molecular weight excluding hydrogens is 988 g/mol. The topological polar surface area (TPSA) is 111 Å². The second kappa shape index (κ2) is 56.7. The van der Waals surface area contributed by atoms with Gasteiger partial charge in [-0.15, -0.1) is 0 Å². The van der Waals surface area contributed by atoms with Gasteiger partial charge in [0.15, 0.2) is 0 Å². The number of likely N-dealkylation sites (N-methyl/N-ethyl adjacent to an activating group) is 1. The fourth-order valence-corrected chi connectivity index (χ4v) is 9.04. The van der Waals surface area contributed by atoms with Crippen LogP contribution in [0.3, 0.4) is 0 Å². The first-order chi connectivity index (χ1) is 37.9. The van der Waals surface area contributed by atoms with E-state index >= 15 is 0 Å². The largest absolute Gasteiger partial charge is 0.472 e. The van der Waals surface area contributed by atoms with Crippen LogP contribution in [0.1, 0.15) is 245 Å². The Balaban J connectivity index is 5.34. The number of carbonyl (C=O) groups is 2. The Hall–Kier alpha value is -3.59. The Bertz CT molecular complexity index is 1750. The minimum atomic E-state index is -4.47. The maximum absolute atomic E-state index is 13.6. The third-order valence-electron chi connectivity index (χ3n) is 13.1. The first-order valence-electron chi connectivity index (χ1n) is 31.4. The van der Waals surface area contributed by atoms with E-state index in [1.807, 2.05) is 33.3 Å². The first-order valence-corrected chi connectivity index (χ1v) is 32.9. The summed E-state index contributed by atoms with van der Waals surface area (Å²) in [7, 11) is 1.45. The summed E-state index contributed by atoms with van der Waals surface area (Å²) in [5.74, 6) is -0.567. The lowest BCUT2D eigenvalue weighted by molar-refractivity contribution is -0.870. The van der Waals surface area contributed by atoms with E-state index < -0.39 is 20.0 Å². The summed E-state index contributed by atoms with van der Waals surface area (Å²) in [6.45, 7) is 6.82. The molecule has 3 atom stereocenters.